The molecule has 25 heavy (non-hydrogen) atoms. The van der Waals surface area contributed by atoms with E-state index in [4.69, 9.17) is 9.15 Å². The molecule has 0 amide bonds. The third kappa shape index (κ3) is 3.18. The van der Waals surface area contributed by atoms with Gasteiger partial charge in [0.05, 0.1) is 5.69 Å². The largest absolute Gasteiger partial charge is 0.444 e. The number of aromatic nitrogens is 3. The fraction of sp³-hybridized carbons (Fsp3) is 0. The van der Waals surface area contributed by atoms with E-state index in [0.29, 0.717) is 11.4 Å². The predicted molar refractivity (Wildman–Crippen MR) is 91.8 cm³/mol. The Labute approximate surface area is 143 Å². The molecule has 4 aromatic rings. The van der Waals surface area contributed by atoms with Crippen molar-refractivity contribution in [1.29, 1.82) is 0 Å². The van der Waals surface area contributed by atoms with Gasteiger partial charge in [0, 0.05) is 18.0 Å². The third-order valence-electron chi connectivity index (χ3n) is 3.56. The SMILES string of the molecule is O=c1oc(Oc2ccccc2)nn1-c1cccc(-c2cccnc2)c1. The van der Waals surface area contributed by atoms with E-state index in [2.05, 4.69) is 10.1 Å². The number of hydrogen-bond acceptors (Lipinski definition) is 5. The van der Waals surface area contributed by atoms with Gasteiger partial charge in [-0.2, -0.15) is 4.68 Å². The van der Waals surface area contributed by atoms with Crippen LogP contribution >= 0.6 is 0 Å². The average molecular weight is 331 g/mol. The molecule has 0 saturated carbocycles. The summed E-state index contributed by atoms with van der Waals surface area (Å²) in [6, 6.07) is 20.2. The zero-order valence-corrected chi connectivity index (χ0v) is 13.1. The van der Waals surface area contributed by atoms with Gasteiger partial charge in [-0.05, 0) is 35.9 Å². The first-order valence-electron chi connectivity index (χ1n) is 7.63. The first-order chi connectivity index (χ1) is 12.3. The number of benzene rings is 2. The molecule has 0 N–H and O–H groups in total. The quantitative estimate of drug-likeness (QED) is 0.570. The maximum atomic E-state index is 12.1. The lowest BCUT2D eigenvalue weighted by molar-refractivity contribution is 0.320. The summed E-state index contributed by atoms with van der Waals surface area (Å²) in [4.78, 5) is 16.2. The van der Waals surface area contributed by atoms with E-state index in [1.54, 1.807) is 30.6 Å². The van der Waals surface area contributed by atoms with Crippen molar-refractivity contribution in [3.8, 4) is 28.6 Å². The van der Waals surface area contributed by atoms with Gasteiger partial charge in [0.15, 0.2) is 0 Å². The fourth-order valence-electron chi connectivity index (χ4n) is 2.41. The zero-order valence-electron chi connectivity index (χ0n) is 13.1. The van der Waals surface area contributed by atoms with Crippen molar-refractivity contribution in [1.82, 2.24) is 14.8 Å². The summed E-state index contributed by atoms with van der Waals surface area (Å²) in [5, 5.41) is 4.11. The van der Waals surface area contributed by atoms with E-state index in [-0.39, 0.29) is 6.08 Å². The Morgan fingerprint density at radius 3 is 2.56 bits per heavy atom. The fourth-order valence-corrected chi connectivity index (χ4v) is 2.41. The molecule has 6 heteroatoms. The molecular weight excluding hydrogens is 318 g/mol. The summed E-state index contributed by atoms with van der Waals surface area (Å²) >= 11 is 0. The van der Waals surface area contributed by atoms with Gasteiger partial charge in [0.25, 0.3) is 0 Å². The number of pyridine rings is 1. The van der Waals surface area contributed by atoms with Crippen molar-refractivity contribution < 1.29 is 9.15 Å². The molecule has 0 saturated heterocycles. The first kappa shape index (κ1) is 14.9. The molecule has 0 aliphatic rings. The molecule has 0 aliphatic heterocycles. The number of hydrogen-bond donors (Lipinski definition) is 0. The van der Waals surface area contributed by atoms with Crippen LogP contribution in [0.25, 0.3) is 16.8 Å². The van der Waals surface area contributed by atoms with Crippen LogP contribution in [-0.4, -0.2) is 14.8 Å². The minimum Gasteiger partial charge on any atom is -0.410 e. The second-order valence-corrected chi connectivity index (χ2v) is 5.25. The van der Waals surface area contributed by atoms with Crippen LogP contribution in [0.3, 0.4) is 0 Å². The second kappa shape index (κ2) is 6.45. The van der Waals surface area contributed by atoms with Gasteiger partial charge >= 0.3 is 11.8 Å². The second-order valence-electron chi connectivity index (χ2n) is 5.25. The van der Waals surface area contributed by atoms with Crippen molar-refractivity contribution in [2.24, 2.45) is 0 Å². The number of nitrogens with zero attached hydrogens (tertiary/aromatic N) is 3. The Hall–Kier alpha value is -3.67. The molecule has 0 bridgehead atoms. The van der Waals surface area contributed by atoms with E-state index in [1.165, 1.54) is 0 Å². The summed E-state index contributed by atoms with van der Waals surface area (Å²) in [7, 11) is 0. The molecule has 2 aromatic carbocycles. The lowest BCUT2D eigenvalue weighted by Crippen LogP contribution is -2.13. The monoisotopic (exact) mass is 331 g/mol. The van der Waals surface area contributed by atoms with E-state index in [0.717, 1.165) is 15.8 Å². The average Bonchev–Trinajstić information content (AvgIpc) is 3.03. The highest BCUT2D eigenvalue weighted by atomic mass is 16.6. The molecule has 122 valence electrons. The van der Waals surface area contributed by atoms with Crippen molar-refractivity contribution in [3.05, 3.63) is 89.7 Å². The maximum absolute atomic E-state index is 12.1. The van der Waals surface area contributed by atoms with Crippen LogP contribution in [0.4, 0.5) is 0 Å². The Kier molecular flexibility index (Phi) is 3.84. The van der Waals surface area contributed by atoms with Crippen LogP contribution < -0.4 is 10.5 Å². The van der Waals surface area contributed by atoms with Crippen molar-refractivity contribution in [2.45, 2.75) is 0 Å². The molecular formula is C19H13N3O3. The normalized spacial score (nSPS) is 10.6. The van der Waals surface area contributed by atoms with Crippen molar-refractivity contribution >= 4 is 0 Å². The third-order valence-corrected chi connectivity index (χ3v) is 3.56. The highest BCUT2D eigenvalue weighted by Crippen LogP contribution is 2.22. The Morgan fingerprint density at radius 1 is 0.920 bits per heavy atom. The molecule has 0 unspecified atom stereocenters. The van der Waals surface area contributed by atoms with Crippen LogP contribution in [0.5, 0.6) is 11.8 Å². The highest BCUT2D eigenvalue weighted by Gasteiger charge is 2.12. The summed E-state index contributed by atoms with van der Waals surface area (Å²) in [5.41, 5.74) is 2.45. The van der Waals surface area contributed by atoms with Gasteiger partial charge in [-0.15, -0.1) is 0 Å². The van der Waals surface area contributed by atoms with Gasteiger partial charge in [0.1, 0.15) is 5.75 Å². The Bertz CT molecular complexity index is 1040. The standard InChI is InChI=1S/C19H13N3O3/c23-19-22(21-18(25-19)24-17-9-2-1-3-10-17)16-8-4-6-14(12-16)15-7-5-11-20-13-15/h1-13H. The van der Waals surface area contributed by atoms with Gasteiger partial charge < -0.3 is 9.15 Å². The molecule has 0 fully saturated rings. The minimum atomic E-state index is -0.616. The van der Waals surface area contributed by atoms with E-state index in [9.17, 15) is 4.79 Å². The van der Waals surface area contributed by atoms with Crippen LogP contribution in [0.15, 0.2) is 88.3 Å². The van der Waals surface area contributed by atoms with Crippen molar-refractivity contribution in [3.63, 3.8) is 0 Å². The van der Waals surface area contributed by atoms with Crippen molar-refractivity contribution in [2.75, 3.05) is 0 Å². The first-order valence-corrected chi connectivity index (χ1v) is 7.63. The highest BCUT2D eigenvalue weighted by molar-refractivity contribution is 5.64. The number of rotatable bonds is 4. The summed E-state index contributed by atoms with van der Waals surface area (Å²) < 4.78 is 11.7. The van der Waals surface area contributed by atoms with Crippen LogP contribution in [0.2, 0.25) is 0 Å². The maximum Gasteiger partial charge on any atom is 0.444 e. The molecule has 0 radical (unpaired) electrons. The molecule has 2 heterocycles. The summed E-state index contributed by atoms with van der Waals surface area (Å²) in [6.07, 6.45) is 3.36. The van der Waals surface area contributed by atoms with Crippen LogP contribution in [0, 0.1) is 0 Å². The topological polar surface area (TPSA) is 70.2 Å². The van der Waals surface area contributed by atoms with Crippen LogP contribution in [-0.2, 0) is 0 Å². The van der Waals surface area contributed by atoms with Gasteiger partial charge in [-0.1, -0.05) is 41.5 Å². The molecule has 0 spiro atoms. The smallest absolute Gasteiger partial charge is 0.410 e. The van der Waals surface area contributed by atoms with Gasteiger partial charge in [-0.3, -0.25) is 4.98 Å². The Morgan fingerprint density at radius 2 is 1.76 bits per heavy atom. The summed E-state index contributed by atoms with van der Waals surface area (Å²) in [6.45, 7) is 0. The Balaban J connectivity index is 1.68. The lowest BCUT2D eigenvalue weighted by Gasteiger charge is -2.03. The molecule has 4 rings (SSSR count). The van der Waals surface area contributed by atoms with E-state index < -0.39 is 5.76 Å². The number of para-hydroxylation sites is 1. The molecule has 2 aromatic heterocycles. The minimum absolute atomic E-state index is 0.108. The van der Waals surface area contributed by atoms with E-state index in [1.807, 2.05) is 48.5 Å². The number of ether oxygens (including phenoxy) is 1. The van der Waals surface area contributed by atoms with Crippen LogP contribution in [0.1, 0.15) is 0 Å². The van der Waals surface area contributed by atoms with Gasteiger partial charge in [-0.25, -0.2) is 4.79 Å². The lowest BCUT2D eigenvalue weighted by atomic mass is 10.1. The summed E-state index contributed by atoms with van der Waals surface area (Å²) in [5.74, 6) is -0.0747. The zero-order chi connectivity index (χ0) is 17.1. The molecule has 0 atom stereocenters. The van der Waals surface area contributed by atoms with Gasteiger partial charge in [0.2, 0.25) is 0 Å². The molecule has 0 aliphatic carbocycles. The molecule has 6 nitrogen and oxygen atoms in total. The van der Waals surface area contributed by atoms with E-state index >= 15 is 0 Å². The predicted octanol–water partition coefficient (Wildman–Crippen LogP) is 3.68.